The van der Waals surface area contributed by atoms with Crippen LogP contribution in [-0.2, 0) is 9.47 Å². The molecule has 0 saturated carbocycles. The normalized spacial score (nSPS) is 25.2. The minimum absolute atomic E-state index is 0.0982. The molecule has 2 atom stereocenters. The maximum absolute atomic E-state index is 6.00. The molecule has 0 spiro atoms. The average molecular weight is 215 g/mol. The molecular weight excluding hydrogens is 190 g/mol. The summed E-state index contributed by atoms with van der Waals surface area (Å²) in [5.41, 5.74) is 6.12. The molecule has 15 heavy (non-hydrogen) atoms. The van der Waals surface area contributed by atoms with E-state index in [2.05, 4.69) is 20.8 Å². The second-order valence-electron chi connectivity index (χ2n) is 5.50. The zero-order chi connectivity index (χ0) is 11.3. The maximum Gasteiger partial charge on any atom is 0.0808 e. The number of hydrogen-bond acceptors (Lipinski definition) is 3. The first-order valence-corrected chi connectivity index (χ1v) is 5.95. The van der Waals surface area contributed by atoms with Crippen LogP contribution in [-0.4, -0.2) is 32.0 Å². The third-order valence-corrected chi connectivity index (χ3v) is 2.99. The topological polar surface area (TPSA) is 44.5 Å². The third-order valence-electron chi connectivity index (χ3n) is 2.99. The first-order chi connectivity index (χ1) is 7.00. The molecule has 1 aliphatic rings. The van der Waals surface area contributed by atoms with Gasteiger partial charge in [-0.15, -0.1) is 0 Å². The summed E-state index contributed by atoms with van der Waals surface area (Å²) in [6.07, 6.45) is 3.88. The Morgan fingerprint density at radius 3 is 2.67 bits per heavy atom. The van der Waals surface area contributed by atoms with Gasteiger partial charge in [0, 0.05) is 12.6 Å². The molecule has 0 aliphatic carbocycles. The molecule has 1 saturated heterocycles. The second-order valence-corrected chi connectivity index (χ2v) is 5.50. The molecule has 3 heteroatoms. The summed E-state index contributed by atoms with van der Waals surface area (Å²) in [5, 5.41) is 0. The number of nitrogens with two attached hydrogens (primary N) is 1. The standard InChI is InChI=1S/C12H25NO2/c1-12(2,3)11(13)9-14-8-10-6-4-5-7-15-10/h10-11H,4-9,13H2,1-3H3. The molecule has 0 radical (unpaired) electrons. The molecule has 1 fully saturated rings. The lowest BCUT2D eigenvalue weighted by atomic mass is 9.88. The molecule has 2 N–H and O–H groups in total. The van der Waals surface area contributed by atoms with E-state index >= 15 is 0 Å². The lowest BCUT2D eigenvalue weighted by Gasteiger charge is -2.28. The minimum atomic E-state index is 0.0982. The largest absolute Gasteiger partial charge is 0.377 e. The molecule has 2 unspecified atom stereocenters. The Balaban J connectivity index is 2.10. The van der Waals surface area contributed by atoms with Gasteiger partial charge in [-0.05, 0) is 24.7 Å². The maximum atomic E-state index is 6.00. The van der Waals surface area contributed by atoms with Crippen LogP contribution in [0.5, 0.6) is 0 Å². The van der Waals surface area contributed by atoms with Crippen molar-refractivity contribution >= 4 is 0 Å². The van der Waals surface area contributed by atoms with Gasteiger partial charge in [-0.25, -0.2) is 0 Å². The first-order valence-electron chi connectivity index (χ1n) is 5.95. The van der Waals surface area contributed by atoms with Crippen LogP contribution in [0.3, 0.4) is 0 Å². The molecule has 1 aliphatic heterocycles. The Hall–Kier alpha value is -0.120. The van der Waals surface area contributed by atoms with Crippen molar-refractivity contribution < 1.29 is 9.47 Å². The molecule has 0 aromatic rings. The van der Waals surface area contributed by atoms with E-state index in [-0.39, 0.29) is 11.5 Å². The van der Waals surface area contributed by atoms with Gasteiger partial charge in [0.2, 0.25) is 0 Å². The Kier molecular flexibility index (Phi) is 5.03. The van der Waals surface area contributed by atoms with E-state index in [0.29, 0.717) is 19.3 Å². The van der Waals surface area contributed by atoms with E-state index in [0.717, 1.165) is 13.0 Å². The molecule has 0 amide bonds. The van der Waals surface area contributed by atoms with Crippen molar-refractivity contribution in [3.05, 3.63) is 0 Å². The summed E-state index contributed by atoms with van der Waals surface area (Å²) in [4.78, 5) is 0. The predicted octanol–water partition coefficient (Wildman–Crippen LogP) is 1.95. The van der Waals surface area contributed by atoms with Gasteiger partial charge in [-0.3, -0.25) is 0 Å². The smallest absolute Gasteiger partial charge is 0.0808 e. The van der Waals surface area contributed by atoms with Gasteiger partial charge < -0.3 is 15.2 Å². The highest BCUT2D eigenvalue weighted by molar-refractivity contribution is 4.76. The van der Waals surface area contributed by atoms with Gasteiger partial charge in [0.15, 0.2) is 0 Å². The van der Waals surface area contributed by atoms with E-state index in [1.54, 1.807) is 0 Å². The molecule has 0 aromatic carbocycles. The van der Waals surface area contributed by atoms with E-state index in [9.17, 15) is 0 Å². The first kappa shape index (κ1) is 12.9. The van der Waals surface area contributed by atoms with Gasteiger partial charge in [0.05, 0.1) is 19.3 Å². The molecule has 1 rings (SSSR count). The fourth-order valence-corrected chi connectivity index (χ4v) is 1.52. The summed E-state index contributed by atoms with van der Waals surface area (Å²) >= 11 is 0. The monoisotopic (exact) mass is 215 g/mol. The van der Waals surface area contributed by atoms with Crippen molar-refractivity contribution in [2.24, 2.45) is 11.1 Å². The quantitative estimate of drug-likeness (QED) is 0.779. The highest BCUT2D eigenvalue weighted by Gasteiger charge is 2.21. The fourth-order valence-electron chi connectivity index (χ4n) is 1.52. The lowest BCUT2D eigenvalue weighted by Crippen LogP contribution is -2.40. The summed E-state index contributed by atoms with van der Waals surface area (Å²) in [5.74, 6) is 0. The van der Waals surface area contributed by atoms with Crippen LogP contribution in [0.25, 0.3) is 0 Å². The van der Waals surface area contributed by atoms with Gasteiger partial charge in [0.1, 0.15) is 0 Å². The van der Waals surface area contributed by atoms with Crippen LogP contribution >= 0.6 is 0 Å². The van der Waals surface area contributed by atoms with Gasteiger partial charge in [-0.2, -0.15) is 0 Å². The minimum Gasteiger partial charge on any atom is -0.377 e. The summed E-state index contributed by atoms with van der Waals surface area (Å²) in [7, 11) is 0. The van der Waals surface area contributed by atoms with Crippen molar-refractivity contribution in [2.75, 3.05) is 19.8 Å². The highest BCUT2D eigenvalue weighted by atomic mass is 16.5. The zero-order valence-corrected chi connectivity index (χ0v) is 10.3. The number of hydrogen-bond donors (Lipinski definition) is 1. The zero-order valence-electron chi connectivity index (χ0n) is 10.3. The van der Waals surface area contributed by atoms with E-state index in [1.807, 2.05) is 0 Å². The summed E-state index contributed by atoms with van der Waals surface area (Å²) < 4.78 is 11.2. The summed E-state index contributed by atoms with van der Waals surface area (Å²) in [6.45, 7) is 8.63. The highest BCUT2D eigenvalue weighted by Crippen LogP contribution is 2.18. The Labute approximate surface area is 93.3 Å². The van der Waals surface area contributed by atoms with Crippen LogP contribution in [0.15, 0.2) is 0 Å². The van der Waals surface area contributed by atoms with Crippen LogP contribution < -0.4 is 5.73 Å². The van der Waals surface area contributed by atoms with Crippen LogP contribution in [0, 0.1) is 5.41 Å². The molecule has 3 nitrogen and oxygen atoms in total. The Morgan fingerprint density at radius 2 is 2.13 bits per heavy atom. The molecular formula is C12H25NO2. The SMILES string of the molecule is CC(C)(C)C(N)COCC1CCCCO1. The average Bonchev–Trinajstić information content (AvgIpc) is 2.18. The van der Waals surface area contributed by atoms with Crippen molar-refractivity contribution in [3.8, 4) is 0 Å². The number of rotatable bonds is 4. The van der Waals surface area contributed by atoms with Crippen molar-refractivity contribution in [2.45, 2.75) is 52.2 Å². The summed E-state index contributed by atoms with van der Waals surface area (Å²) in [6, 6.07) is 0.0982. The second kappa shape index (κ2) is 5.83. The van der Waals surface area contributed by atoms with Crippen LogP contribution in [0.4, 0.5) is 0 Å². The molecule has 0 aromatic heterocycles. The van der Waals surface area contributed by atoms with Gasteiger partial charge >= 0.3 is 0 Å². The predicted molar refractivity (Wildman–Crippen MR) is 61.8 cm³/mol. The van der Waals surface area contributed by atoms with Gasteiger partial charge in [0.25, 0.3) is 0 Å². The van der Waals surface area contributed by atoms with E-state index in [1.165, 1.54) is 12.8 Å². The van der Waals surface area contributed by atoms with Crippen LogP contribution in [0.1, 0.15) is 40.0 Å². The number of ether oxygens (including phenoxy) is 2. The Bertz CT molecular complexity index is 171. The molecule has 90 valence electrons. The fraction of sp³-hybridized carbons (Fsp3) is 1.00. The molecule has 1 heterocycles. The lowest BCUT2D eigenvalue weighted by molar-refractivity contribution is -0.0467. The van der Waals surface area contributed by atoms with E-state index < -0.39 is 0 Å². The van der Waals surface area contributed by atoms with Crippen LogP contribution in [0.2, 0.25) is 0 Å². The van der Waals surface area contributed by atoms with E-state index in [4.69, 9.17) is 15.2 Å². The molecule has 0 bridgehead atoms. The van der Waals surface area contributed by atoms with Crippen molar-refractivity contribution in [3.63, 3.8) is 0 Å². The van der Waals surface area contributed by atoms with Crippen molar-refractivity contribution in [1.29, 1.82) is 0 Å². The van der Waals surface area contributed by atoms with Crippen molar-refractivity contribution in [1.82, 2.24) is 0 Å². The Morgan fingerprint density at radius 1 is 1.40 bits per heavy atom. The van der Waals surface area contributed by atoms with Gasteiger partial charge in [-0.1, -0.05) is 20.8 Å². The third kappa shape index (κ3) is 4.96.